The summed E-state index contributed by atoms with van der Waals surface area (Å²) in [4.78, 5) is 0. The van der Waals surface area contributed by atoms with Crippen LogP contribution in [0.2, 0.25) is 0 Å². The molecule has 1 aliphatic heterocycles. The minimum absolute atomic E-state index is 0.286. The zero-order chi connectivity index (χ0) is 12.8. The van der Waals surface area contributed by atoms with Crippen LogP contribution in [0.5, 0.6) is 5.75 Å². The third-order valence-corrected chi connectivity index (χ3v) is 4.59. The van der Waals surface area contributed by atoms with Gasteiger partial charge < -0.3 is 10.5 Å². The Bertz CT molecular complexity index is 452. The molecule has 0 aromatic heterocycles. The van der Waals surface area contributed by atoms with Crippen LogP contribution < -0.4 is 10.5 Å². The first-order chi connectivity index (χ1) is 8.57. The molecule has 0 bridgehead atoms. The van der Waals surface area contributed by atoms with Crippen LogP contribution in [0.4, 0.5) is 0 Å². The Morgan fingerprint density at radius 1 is 1.33 bits per heavy atom. The molecule has 1 aromatic rings. The minimum atomic E-state index is 0.286. The molecule has 2 unspecified atom stereocenters. The van der Waals surface area contributed by atoms with Crippen molar-refractivity contribution in [3.8, 4) is 5.75 Å². The van der Waals surface area contributed by atoms with Crippen molar-refractivity contribution in [1.29, 1.82) is 0 Å². The van der Waals surface area contributed by atoms with Crippen LogP contribution in [0, 0.1) is 5.41 Å². The quantitative estimate of drug-likeness (QED) is 0.824. The molecule has 98 valence electrons. The van der Waals surface area contributed by atoms with Gasteiger partial charge in [-0.05, 0) is 35.8 Å². The summed E-state index contributed by atoms with van der Waals surface area (Å²) in [7, 11) is 0. The van der Waals surface area contributed by atoms with E-state index in [0.29, 0.717) is 11.3 Å². The number of hydrogen-bond acceptors (Lipinski definition) is 2. The Morgan fingerprint density at radius 2 is 2.17 bits per heavy atom. The van der Waals surface area contributed by atoms with Crippen molar-refractivity contribution in [3.05, 3.63) is 29.3 Å². The van der Waals surface area contributed by atoms with Crippen molar-refractivity contribution >= 4 is 0 Å². The molecule has 1 fully saturated rings. The van der Waals surface area contributed by atoms with E-state index in [1.54, 1.807) is 0 Å². The molecule has 1 heterocycles. The molecule has 2 heteroatoms. The molecule has 2 aliphatic rings. The van der Waals surface area contributed by atoms with Crippen LogP contribution in [0.15, 0.2) is 18.2 Å². The standard InChI is InChI=1S/C16H23NO/c1-16(2)8-6-14(17)13(10-16)12-5-3-4-11-7-9-18-15(11)12/h3-5,13-14H,6-10,17H2,1-2H3. The highest BCUT2D eigenvalue weighted by molar-refractivity contribution is 5.46. The van der Waals surface area contributed by atoms with E-state index in [1.165, 1.54) is 24.0 Å². The highest BCUT2D eigenvalue weighted by Crippen LogP contribution is 2.46. The molecule has 2 N–H and O–H groups in total. The van der Waals surface area contributed by atoms with Gasteiger partial charge >= 0.3 is 0 Å². The van der Waals surface area contributed by atoms with Gasteiger partial charge in [-0.3, -0.25) is 0 Å². The fourth-order valence-corrected chi connectivity index (χ4v) is 3.48. The Kier molecular flexibility index (Phi) is 2.86. The van der Waals surface area contributed by atoms with E-state index in [-0.39, 0.29) is 6.04 Å². The summed E-state index contributed by atoms with van der Waals surface area (Å²) < 4.78 is 5.84. The maximum absolute atomic E-state index is 6.37. The molecular formula is C16H23NO. The highest BCUT2D eigenvalue weighted by Gasteiger charge is 2.36. The number of benzene rings is 1. The number of fused-ring (bicyclic) bond motifs is 1. The van der Waals surface area contributed by atoms with Crippen molar-refractivity contribution < 1.29 is 4.74 Å². The van der Waals surface area contributed by atoms with E-state index >= 15 is 0 Å². The van der Waals surface area contributed by atoms with Gasteiger partial charge in [0.2, 0.25) is 0 Å². The largest absolute Gasteiger partial charge is 0.493 e. The second kappa shape index (κ2) is 4.27. The number of nitrogens with two attached hydrogens (primary N) is 1. The number of para-hydroxylation sites is 1. The van der Waals surface area contributed by atoms with Crippen LogP contribution in [0.1, 0.15) is 50.2 Å². The molecule has 1 aromatic carbocycles. The fraction of sp³-hybridized carbons (Fsp3) is 0.625. The molecule has 0 amide bonds. The average molecular weight is 245 g/mol. The van der Waals surface area contributed by atoms with Crippen molar-refractivity contribution in [3.63, 3.8) is 0 Å². The Hall–Kier alpha value is -1.02. The van der Waals surface area contributed by atoms with Gasteiger partial charge in [0.15, 0.2) is 0 Å². The molecule has 1 saturated carbocycles. The van der Waals surface area contributed by atoms with E-state index in [2.05, 4.69) is 32.0 Å². The normalized spacial score (nSPS) is 29.7. The van der Waals surface area contributed by atoms with Crippen LogP contribution in [0.25, 0.3) is 0 Å². The second-order valence-corrected chi connectivity index (χ2v) is 6.61. The van der Waals surface area contributed by atoms with Gasteiger partial charge in [0.05, 0.1) is 6.61 Å². The van der Waals surface area contributed by atoms with Gasteiger partial charge in [-0.1, -0.05) is 32.0 Å². The summed E-state index contributed by atoms with van der Waals surface area (Å²) in [6.45, 7) is 5.55. The molecule has 0 saturated heterocycles. The monoisotopic (exact) mass is 245 g/mol. The van der Waals surface area contributed by atoms with Crippen LogP contribution >= 0.6 is 0 Å². The summed E-state index contributed by atoms with van der Waals surface area (Å²) in [6.07, 6.45) is 4.59. The Labute approximate surface area is 110 Å². The number of ether oxygens (including phenoxy) is 1. The van der Waals surface area contributed by atoms with E-state index in [4.69, 9.17) is 10.5 Å². The lowest BCUT2D eigenvalue weighted by Crippen LogP contribution is -2.37. The molecule has 3 rings (SSSR count). The van der Waals surface area contributed by atoms with E-state index in [0.717, 1.165) is 25.2 Å². The van der Waals surface area contributed by atoms with Crippen LogP contribution in [-0.2, 0) is 6.42 Å². The maximum Gasteiger partial charge on any atom is 0.126 e. The lowest BCUT2D eigenvalue weighted by molar-refractivity contribution is 0.196. The van der Waals surface area contributed by atoms with E-state index in [1.807, 2.05) is 0 Å². The molecular weight excluding hydrogens is 222 g/mol. The Balaban J connectivity index is 1.96. The summed E-state index contributed by atoms with van der Waals surface area (Å²) in [5.74, 6) is 1.59. The number of rotatable bonds is 1. The molecule has 2 nitrogen and oxygen atoms in total. The lowest BCUT2D eigenvalue weighted by Gasteiger charge is -2.39. The van der Waals surface area contributed by atoms with Gasteiger partial charge in [0.25, 0.3) is 0 Å². The number of hydrogen-bond donors (Lipinski definition) is 1. The molecule has 18 heavy (non-hydrogen) atoms. The molecule has 0 radical (unpaired) electrons. The van der Waals surface area contributed by atoms with Crippen molar-refractivity contribution in [1.82, 2.24) is 0 Å². The summed E-state index contributed by atoms with van der Waals surface area (Å²) >= 11 is 0. The van der Waals surface area contributed by atoms with E-state index in [9.17, 15) is 0 Å². The van der Waals surface area contributed by atoms with Crippen molar-refractivity contribution in [2.75, 3.05) is 6.61 Å². The topological polar surface area (TPSA) is 35.2 Å². The van der Waals surface area contributed by atoms with Crippen LogP contribution in [-0.4, -0.2) is 12.6 Å². The van der Waals surface area contributed by atoms with Gasteiger partial charge in [-0.25, -0.2) is 0 Å². The summed E-state index contributed by atoms with van der Waals surface area (Å²) in [5, 5.41) is 0. The SMILES string of the molecule is CC1(C)CCC(N)C(c2cccc3c2OCC3)C1. The maximum atomic E-state index is 6.37. The average Bonchev–Trinajstić information content (AvgIpc) is 2.80. The van der Waals surface area contributed by atoms with Gasteiger partial charge in [-0.2, -0.15) is 0 Å². The van der Waals surface area contributed by atoms with Gasteiger partial charge in [0.1, 0.15) is 5.75 Å². The first-order valence-corrected chi connectivity index (χ1v) is 7.07. The zero-order valence-corrected chi connectivity index (χ0v) is 11.4. The molecule has 1 aliphatic carbocycles. The van der Waals surface area contributed by atoms with Crippen LogP contribution in [0.3, 0.4) is 0 Å². The third-order valence-electron chi connectivity index (χ3n) is 4.59. The predicted molar refractivity (Wildman–Crippen MR) is 74.0 cm³/mol. The lowest BCUT2D eigenvalue weighted by atomic mass is 9.68. The van der Waals surface area contributed by atoms with Gasteiger partial charge in [0, 0.05) is 18.4 Å². The molecule has 2 atom stereocenters. The first-order valence-electron chi connectivity index (χ1n) is 7.07. The zero-order valence-electron chi connectivity index (χ0n) is 11.4. The summed E-state index contributed by atoms with van der Waals surface area (Å²) in [5.41, 5.74) is 9.49. The molecule has 0 spiro atoms. The first kappa shape index (κ1) is 12.0. The Morgan fingerprint density at radius 3 is 3.00 bits per heavy atom. The minimum Gasteiger partial charge on any atom is -0.493 e. The summed E-state index contributed by atoms with van der Waals surface area (Å²) in [6, 6.07) is 6.85. The predicted octanol–water partition coefficient (Wildman–Crippen LogP) is 3.24. The van der Waals surface area contributed by atoms with Crippen molar-refractivity contribution in [2.45, 2.75) is 51.5 Å². The smallest absolute Gasteiger partial charge is 0.126 e. The second-order valence-electron chi connectivity index (χ2n) is 6.61. The highest BCUT2D eigenvalue weighted by atomic mass is 16.5. The van der Waals surface area contributed by atoms with E-state index < -0.39 is 0 Å². The third kappa shape index (κ3) is 2.03. The van der Waals surface area contributed by atoms with Crippen molar-refractivity contribution in [2.24, 2.45) is 11.1 Å². The fourth-order valence-electron chi connectivity index (χ4n) is 3.48. The van der Waals surface area contributed by atoms with Gasteiger partial charge in [-0.15, -0.1) is 0 Å².